The number of amides is 1. The van der Waals surface area contributed by atoms with Crippen LogP contribution in [-0.4, -0.2) is 20.7 Å². The van der Waals surface area contributed by atoms with E-state index in [0.717, 1.165) is 32.2 Å². The van der Waals surface area contributed by atoms with Gasteiger partial charge in [0.25, 0.3) is 5.91 Å². The van der Waals surface area contributed by atoms with Crippen LogP contribution < -0.4 is 5.32 Å². The zero-order valence-corrected chi connectivity index (χ0v) is 20.3. The SMILES string of the molecule is Cc1ccc(C(=O)NCc2nnc(SCc3ccc(Br)cc3)n2-c2ccccc2)cc1C. The van der Waals surface area contributed by atoms with Gasteiger partial charge in [-0.2, -0.15) is 0 Å². The number of hydrogen-bond acceptors (Lipinski definition) is 4. The van der Waals surface area contributed by atoms with E-state index in [1.165, 1.54) is 5.56 Å². The maximum Gasteiger partial charge on any atom is 0.251 e. The van der Waals surface area contributed by atoms with Gasteiger partial charge < -0.3 is 5.32 Å². The van der Waals surface area contributed by atoms with Crippen molar-refractivity contribution < 1.29 is 4.79 Å². The normalized spacial score (nSPS) is 10.8. The minimum absolute atomic E-state index is 0.125. The predicted octanol–water partition coefficient (Wildman–Crippen LogP) is 5.87. The first-order valence-electron chi connectivity index (χ1n) is 10.2. The van der Waals surface area contributed by atoms with Crippen LogP contribution in [0.15, 0.2) is 82.4 Å². The first-order valence-corrected chi connectivity index (χ1v) is 12.0. The smallest absolute Gasteiger partial charge is 0.251 e. The Balaban J connectivity index is 1.54. The highest BCUT2D eigenvalue weighted by molar-refractivity contribution is 9.10. The number of nitrogens with one attached hydrogen (secondary N) is 1. The summed E-state index contributed by atoms with van der Waals surface area (Å²) in [4.78, 5) is 12.7. The molecule has 32 heavy (non-hydrogen) atoms. The summed E-state index contributed by atoms with van der Waals surface area (Å²) in [5, 5.41) is 12.6. The van der Waals surface area contributed by atoms with Crippen molar-refractivity contribution in [3.63, 3.8) is 0 Å². The standard InChI is InChI=1S/C25H23BrN4OS/c1-17-8-11-20(14-18(17)2)24(31)27-15-23-28-29-25(30(23)22-6-4-3-5-7-22)32-16-19-9-12-21(26)13-10-19/h3-14H,15-16H2,1-2H3,(H,27,31). The molecule has 7 heteroatoms. The Labute approximate surface area is 200 Å². The summed E-state index contributed by atoms with van der Waals surface area (Å²) in [7, 11) is 0. The number of carbonyl (C=O) groups excluding carboxylic acids is 1. The van der Waals surface area contributed by atoms with E-state index in [1.807, 2.05) is 79.1 Å². The molecule has 1 N–H and O–H groups in total. The summed E-state index contributed by atoms with van der Waals surface area (Å²) in [6, 6.07) is 23.9. The average Bonchev–Trinajstić information content (AvgIpc) is 3.22. The molecule has 0 saturated carbocycles. The second-order valence-electron chi connectivity index (χ2n) is 7.47. The van der Waals surface area contributed by atoms with Crippen LogP contribution >= 0.6 is 27.7 Å². The minimum atomic E-state index is -0.125. The van der Waals surface area contributed by atoms with Crippen molar-refractivity contribution in [3.05, 3.63) is 105 Å². The van der Waals surface area contributed by atoms with Crippen LogP contribution in [0.25, 0.3) is 5.69 Å². The minimum Gasteiger partial charge on any atom is -0.345 e. The molecule has 162 valence electrons. The van der Waals surface area contributed by atoms with Crippen molar-refractivity contribution in [2.45, 2.75) is 31.3 Å². The van der Waals surface area contributed by atoms with Gasteiger partial charge in [-0.3, -0.25) is 9.36 Å². The topological polar surface area (TPSA) is 59.8 Å². The number of aryl methyl sites for hydroxylation is 2. The highest BCUT2D eigenvalue weighted by Gasteiger charge is 2.16. The quantitative estimate of drug-likeness (QED) is 0.318. The first kappa shape index (κ1) is 22.3. The second-order valence-corrected chi connectivity index (χ2v) is 9.32. The summed E-state index contributed by atoms with van der Waals surface area (Å²) in [5.41, 5.74) is 5.06. The number of rotatable bonds is 7. The summed E-state index contributed by atoms with van der Waals surface area (Å²) < 4.78 is 3.06. The summed E-state index contributed by atoms with van der Waals surface area (Å²) >= 11 is 5.09. The van der Waals surface area contributed by atoms with Crippen molar-refractivity contribution in [1.29, 1.82) is 0 Å². The van der Waals surface area contributed by atoms with Gasteiger partial charge in [-0.1, -0.05) is 64.1 Å². The second kappa shape index (κ2) is 10.1. The van der Waals surface area contributed by atoms with E-state index in [4.69, 9.17) is 0 Å². The largest absolute Gasteiger partial charge is 0.345 e. The van der Waals surface area contributed by atoms with E-state index >= 15 is 0 Å². The monoisotopic (exact) mass is 506 g/mol. The van der Waals surface area contributed by atoms with Crippen LogP contribution in [0, 0.1) is 13.8 Å². The van der Waals surface area contributed by atoms with Crippen LogP contribution in [-0.2, 0) is 12.3 Å². The number of aromatic nitrogens is 3. The number of halogens is 1. The lowest BCUT2D eigenvalue weighted by Gasteiger charge is -2.11. The Hall–Kier alpha value is -2.90. The van der Waals surface area contributed by atoms with E-state index in [1.54, 1.807) is 11.8 Å². The fraction of sp³-hybridized carbons (Fsp3) is 0.160. The maximum absolute atomic E-state index is 12.7. The molecule has 0 aliphatic heterocycles. The van der Waals surface area contributed by atoms with Crippen LogP contribution in [0.1, 0.15) is 32.9 Å². The van der Waals surface area contributed by atoms with Gasteiger partial charge in [0.2, 0.25) is 0 Å². The van der Waals surface area contributed by atoms with Crippen LogP contribution in [0.5, 0.6) is 0 Å². The van der Waals surface area contributed by atoms with E-state index in [2.05, 4.69) is 43.6 Å². The fourth-order valence-electron chi connectivity index (χ4n) is 3.22. The molecule has 0 bridgehead atoms. The number of para-hydroxylation sites is 1. The molecule has 1 aromatic heterocycles. The zero-order valence-electron chi connectivity index (χ0n) is 17.9. The molecule has 0 fully saturated rings. The van der Waals surface area contributed by atoms with Crippen molar-refractivity contribution in [3.8, 4) is 5.69 Å². The third-order valence-corrected chi connectivity index (χ3v) is 6.70. The fourth-order valence-corrected chi connectivity index (χ4v) is 4.41. The molecule has 0 radical (unpaired) electrons. The third kappa shape index (κ3) is 5.29. The first-order chi connectivity index (χ1) is 15.5. The molecule has 0 aliphatic rings. The zero-order chi connectivity index (χ0) is 22.5. The molecule has 4 aromatic rings. The van der Waals surface area contributed by atoms with E-state index in [-0.39, 0.29) is 12.5 Å². The lowest BCUT2D eigenvalue weighted by Crippen LogP contribution is -2.24. The van der Waals surface area contributed by atoms with Crippen LogP contribution in [0.2, 0.25) is 0 Å². The van der Waals surface area contributed by atoms with E-state index < -0.39 is 0 Å². The van der Waals surface area contributed by atoms with Crippen molar-refractivity contribution in [2.75, 3.05) is 0 Å². The molecule has 0 saturated heterocycles. The Bertz CT molecular complexity index is 1220. The van der Waals surface area contributed by atoms with E-state index in [0.29, 0.717) is 11.4 Å². The summed E-state index contributed by atoms with van der Waals surface area (Å²) in [6.45, 7) is 4.33. The van der Waals surface area contributed by atoms with Crippen LogP contribution in [0.3, 0.4) is 0 Å². The van der Waals surface area contributed by atoms with Gasteiger partial charge in [0, 0.05) is 21.5 Å². The Morgan fingerprint density at radius 1 is 0.969 bits per heavy atom. The lowest BCUT2D eigenvalue weighted by atomic mass is 10.1. The molecule has 0 atom stereocenters. The lowest BCUT2D eigenvalue weighted by molar-refractivity contribution is 0.0949. The highest BCUT2D eigenvalue weighted by atomic mass is 79.9. The van der Waals surface area contributed by atoms with Gasteiger partial charge in [-0.25, -0.2) is 0 Å². The molecule has 5 nitrogen and oxygen atoms in total. The molecule has 0 spiro atoms. The van der Waals surface area contributed by atoms with Crippen LogP contribution in [0.4, 0.5) is 0 Å². The van der Waals surface area contributed by atoms with Gasteiger partial charge in [-0.05, 0) is 66.9 Å². The molecule has 1 heterocycles. The third-order valence-electron chi connectivity index (χ3n) is 5.17. The molecule has 1 amide bonds. The Morgan fingerprint density at radius 3 is 2.44 bits per heavy atom. The molecule has 3 aromatic carbocycles. The van der Waals surface area contributed by atoms with E-state index in [9.17, 15) is 4.79 Å². The highest BCUT2D eigenvalue weighted by Crippen LogP contribution is 2.26. The van der Waals surface area contributed by atoms with Gasteiger partial charge in [0.15, 0.2) is 11.0 Å². The number of benzene rings is 3. The predicted molar refractivity (Wildman–Crippen MR) is 132 cm³/mol. The number of nitrogens with zero attached hydrogens (tertiary/aromatic N) is 3. The van der Waals surface area contributed by atoms with Gasteiger partial charge in [0.1, 0.15) is 0 Å². The number of thioether (sulfide) groups is 1. The summed E-state index contributed by atoms with van der Waals surface area (Å²) in [6.07, 6.45) is 0. The molecule has 0 aliphatic carbocycles. The maximum atomic E-state index is 12.7. The Kier molecular flexibility index (Phi) is 7.07. The van der Waals surface area contributed by atoms with Gasteiger partial charge in [0.05, 0.1) is 6.54 Å². The summed E-state index contributed by atoms with van der Waals surface area (Å²) in [5.74, 6) is 1.33. The van der Waals surface area contributed by atoms with Crippen molar-refractivity contribution >= 4 is 33.6 Å². The molecular formula is C25H23BrN4OS. The van der Waals surface area contributed by atoms with Crippen molar-refractivity contribution in [1.82, 2.24) is 20.1 Å². The molecule has 0 unspecified atom stereocenters. The Morgan fingerprint density at radius 2 is 1.72 bits per heavy atom. The average molecular weight is 507 g/mol. The van der Waals surface area contributed by atoms with Gasteiger partial charge in [-0.15, -0.1) is 10.2 Å². The number of carbonyl (C=O) groups is 1. The molecule has 4 rings (SSSR count). The number of hydrogen-bond donors (Lipinski definition) is 1. The van der Waals surface area contributed by atoms with Crippen molar-refractivity contribution in [2.24, 2.45) is 0 Å². The van der Waals surface area contributed by atoms with Gasteiger partial charge >= 0.3 is 0 Å². The molecular weight excluding hydrogens is 484 g/mol.